The van der Waals surface area contributed by atoms with E-state index in [4.69, 9.17) is 0 Å². The lowest BCUT2D eigenvalue weighted by Gasteiger charge is -2.09. The van der Waals surface area contributed by atoms with Gasteiger partial charge in [0.1, 0.15) is 17.3 Å². The molecule has 2 N–H and O–H groups in total. The van der Waals surface area contributed by atoms with Gasteiger partial charge in [-0.25, -0.2) is 9.37 Å². The number of anilines is 1. The SMILES string of the molecule is O=C(Cc1ccc(F)cc1)Nc1cc(-c2cccs2)nn1-c1nc2c(c(=O)[nH]1)CCC2. The molecule has 5 rings (SSSR count). The molecular formula is C22H18FN5O2S. The zero-order valence-corrected chi connectivity index (χ0v) is 17.2. The first-order valence-corrected chi connectivity index (χ1v) is 10.8. The van der Waals surface area contributed by atoms with E-state index in [1.54, 1.807) is 18.2 Å². The van der Waals surface area contributed by atoms with Gasteiger partial charge in [0.25, 0.3) is 5.56 Å². The third kappa shape index (κ3) is 3.91. The van der Waals surface area contributed by atoms with Crippen LogP contribution in [-0.4, -0.2) is 25.7 Å². The zero-order chi connectivity index (χ0) is 21.4. The molecule has 0 saturated heterocycles. The Kier molecular flexibility index (Phi) is 4.95. The van der Waals surface area contributed by atoms with Crippen molar-refractivity contribution in [2.75, 3.05) is 5.32 Å². The maximum Gasteiger partial charge on any atom is 0.255 e. The Labute approximate surface area is 180 Å². The average molecular weight is 435 g/mol. The minimum absolute atomic E-state index is 0.0773. The molecule has 0 unspecified atom stereocenters. The second kappa shape index (κ2) is 7.92. The van der Waals surface area contributed by atoms with Gasteiger partial charge in [-0.15, -0.1) is 11.3 Å². The number of thiophene rings is 1. The van der Waals surface area contributed by atoms with E-state index in [9.17, 15) is 14.0 Å². The number of aryl methyl sites for hydroxylation is 1. The van der Waals surface area contributed by atoms with E-state index in [0.717, 1.165) is 35.4 Å². The van der Waals surface area contributed by atoms with Crippen LogP contribution in [0.5, 0.6) is 0 Å². The molecule has 1 aromatic carbocycles. The molecule has 0 radical (unpaired) electrons. The number of carbonyl (C=O) groups is 1. The van der Waals surface area contributed by atoms with Gasteiger partial charge in [0, 0.05) is 11.6 Å². The maximum absolute atomic E-state index is 13.1. The first-order valence-electron chi connectivity index (χ1n) is 9.87. The maximum atomic E-state index is 13.1. The van der Waals surface area contributed by atoms with Crippen LogP contribution < -0.4 is 10.9 Å². The summed E-state index contributed by atoms with van der Waals surface area (Å²) in [6.07, 6.45) is 2.44. The number of aromatic amines is 1. The number of hydrogen-bond donors (Lipinski definition) is 2. The Hall–Kier alpha value is -3.59. The monoisotopic (exact) mass is 435 g/mol. The highest BCUT2D eigenvalue weighted by Gasteiger charge is 2.21. The fourth-order valence-electron chi connectivity index (χ4n) is 3.68. The Morgan fingerprint density at radius 2 is 2.06 bits per heavy atom. The quantitative estimate of drug-likeness (QED) is 0.502. The van der Waals surface area contributed by atoms with E-state index >= 15 is 0 Å². The molecule has 1 aliphatic rings. The summed E-state index contributed by atoms with van der Waals surface area (Å²) >= 11 is 1.52. The number of nitrogens with one attached hydrogen (secondary N) is 2. The van der Waals surface area contributed by atoms with Crippen LogP contribution in [0.1, 0.15) is 23.2 Å². The van der Waals surface area contributed by atoms with Gasteiger partial charge in [0.05, 0.1) is 17.0 Å². The lowest BCUT2D eigenvalue weighted by Crippen LogP contribution is -2.21. The fourth-order valence-corrected chi connectivity index (χ4v) is 4.36. The van der Waals surface area contributed by atoms with Gasteiger partial charge in [0.2, 0.25) is 11.9 Å². The first-order chi connectivity index (χ1) is 15.1. The number of aromatic nitrogens is 4. The van der Waals surface area contributed by atoms with Crippen molar-refractivity contribution in [3.8, 4) is 16.5 Å². The molecule has 0 atom stereocenters. The van der Waals surface area contributed by atoms with Crippen LogP contribution >= 0.6 is 11.3 Å². The van der Waals surface area contributed by atoms with Crippen molar-refractivity contribution in [3.05, 3.63) is 80.8 Å². The predicted molar refractivity (Wildman–Crippen MR) is 116 cm³/mol. The molecule has 3 aromatic heterocycles. The molecule has 1 amide bonds. The number of benzene rings is 1. The summed E-state index contributed by atoms with van der Waals surface area (Å²) in [5.41, 5.74) is 2.67. The van der Waals surface area contributed by atoms with E-state index in [-0.39, 0.29) is 29.7 Å². The lowest BCUT2D eigenvalue weighted by molar-refractivity contribution is -0.115. The standard InChI is InChI=1S/C22H18FN5O2S/c23-14-8-6-13(7-9-14)11-20(29)25-19-12-17(18-5-2-10-31-18)27-28(19)22-24-16-4-1-3-15(16)21(30)26-22/h2,5-10,12H,1,3-4,11H2,(H,25,29)(H,24,26,30). The number of H-pyrrole nitrogens is 1. The normalized spacial score (nSPS) is 12.7. The van der Waals surface area contributed by atoms with Crippen LogP contribution in [0.4, 0.5) is 10.2 Å². The van der Waals surface area contributed by atoms with Crippen LogP contribution in [-0.2, 0) is 24.1 Å². The van der Waals surface area contributed by atoms with Gasteiger partial charge in [0.15, 0.2) is 0 Å². The third-order valence-corrected chi connectivity index (χ3v) is 6.05. The van der Waals surface area contributed by atoms with Crippen molar-refractivity contribution < 1.29 is 9.18 Å². The molecule has 4 aromatic rings. The summed E-state index contributed by atoms with van der Waals surface area (Å²) in [4.78, 5) is 33.5. The summed E-state index contributed by atoms with van der Waals surface area (Å²) in [5, 5.41) is 9.38. The molecule has 0 spiro atoms. The van der Waals surface area contributed by atoms with Crippen LogP contribution in [0.15, 0.2) is 52.6 Å². The number of hydrogen-bond acceptors (Lipinski definition) is 5. The van der Waals surface area contributed by atoms with Crippen molar-refractivity contribution in [2.24, 2.45) is 0 Å². The van der Waals surface area contributed by atoms with E-state index in [1.165, 1.54) is 28.2 Å². The summed E-state index contributed by atoms with van der Waals surface area (Å²) in [7, 11) is 0. The molecular weight excluding hydrogens is 417 g/mol. The minimum Gasteiger partial charge on any atom is -0.310 e. The number of amides is 1. The fraction of sp³-hybridized carbons (Fsp3) is 0.182. The third-order valence-electron chi connectivity index (χ3n) is 5.16. The molecule has 7 nitrogen and oxygen atoms in total. The molecule has 1 aliphatic carbocycles. The summed E-state index contributed by atoms with van der Waals surface area (Å²) in [6.45, 7) is 0. The van der Waals surface area contributed by atoms with E-state index in [0.29, 0.717) is 17.1 Å². The number of fused-ring (bicyclic) bond motifs is 1. The summed E-state index contributed by atoms with van der Waals surface area (Å²) in [6, 6.07) is 11.4. The predicted octanol–water partition coefficient (Wildman–Crippen LogP) is 3.49. The highest BCUT2D eigenvalue weighted by atomic mass is 32.1. The largest absolute Gasteiger partial charge is 0.310 e. The van der Waals surface area contributed by atoms with E-state index in [2.05, 4.69) is 20.4 Å². The second-order valence-corrected chi connectivity index (χ2v) is 8.27. The van der Waals surface area contributed by atoms with Gasteiger partial charge < -0.3 is 5.32 Å². The Morgan fingerprint density at radius 1 is 1.23 bits per heavy atom. The van der Waals surface area contributed by atoms with Gasteiger partial charge in [-0.05, 0) is 48.4 Å². The van der Waals surface area contributed by atoms with Crippen LogP contribution in [0.3, 0.4) is 0 Å². The number of carbonyl (C=O) groups excluding carboxylic acids is 1. The smallest absolute Gasteiger partial charge is 0.255 e. The molecule has 31 heavy (non-hydrogen) atoms. The highest BCUT2D eigenvalue weighted by molar-refractivity contribution is 7.13. The van der Waals surface area contributed by atoms with Gasteiger partial charge in [-0.3, -0.25) is 14.6 Å². The van der Waals surface area contributed by atoms with Gasteiger partial charge >= 0.3 is 0 Å². The van der Waals surface area contributed by atoms with Crippen molar-refractivity contribution in [2.45, 2.75) is 25.7 Å². The molecule has 0 bridgehead atoms. The average Bonchev–Trinajstić information content (AvgIpc) is 3.50. The number of halogens is 1. The van der Waals surface area contributed by atoms with Crippen molar-refractivity contribution >= 4 is 23.1 Å². The molecule has 3 heterocycles. The van der Waals surface area contributed by atoms with Crippen LogP contribution in [0.25, 0.3) is 16.5 Å². The van der Waals surface area contributed by atoms with Gasteiger partial charge in [-0.1, -0.05) is 18.2 Å². The van der Waals surface area contributed by atoms with Crippen LogP contribution in [0.2, 0.25) is 0 Å². The lowest BCUT2D eigenvalue weighted by atomic mass is 10.1. The Balaban J connectivity index is 1.50. The zero-order valence-electron chi connectivity index (χ0n) is 16.4. The summed E-state index contributed by atoms with van der Waals surface area (Å²) < 4.78 is 14.6. The summed E-state index contributed by atoms with van der Waals surface area (Å²) in [5.74, 6) is 0.0330. The molecule has 0 saturated carbocycles. The van der Waals surface area contributed by atoms with Gasteiger partial charge in [-0.2, -0.15) is 9.78 Å². The Bertz CT molecular complexity index is 1310. The molecule has 0 aliphatic heterocycles. The van der Waals surface area contributed by atoms with Crippen LogP contribution in [0, 0.1) is 5.82 Å². The van der Waals surface area contributed by atoms with Crippen molar-refractivity contribution in [1.29, 1.82) is 0 Å². The molecule has 0 fully saturated rings. The van der Waals surface area contributed by atoms with Crippen molar-refractivity contribution in [3.63, 3.8) is 0 Å². The second-order valence-electron chi connectivity index (χ2n) is 7.32. The first kappa shape index (κ1) is 19.4. The topological polar surface area (TPSA) is 92.7 Å². The van der Waals surface area contributed by atoms with E-state index in [1.807, 2.05) is 17.5 Å². The number of rotatable bonds is 5. The minimum atomic E-state index is -0.352. The van der Waals surface area contributed by atoms with E-state index < -0.39 is 0 Å². The highest BCUT2D eigenvalue weighted by Crippen LogP contribution is 2.28. The number of nitrogens with zero attached hydrogens (tertiary/aromatic N) is 3. The van der Waals surface area contributed by atoms with Crippen molar-refractivity contribution in [1.82, 2.24) is 19.7 Å². The molecule has 156 valence electrons. The Morgan fingerprint density at radius 3 is 2.84 bits per heavy atom. The molecule has 9 heteroatoms.